The lowest BCUT2D eigenvalue weighted by molar-refractivity contribution is 0.285. The highest BCUT2D eigenvalue weighted by molar-refractivity contribution is 7.92. The van der Waals surface area contributed by atoms with Crippen LogP contribution < -0.4 is 4.72 Å². The summed E-state index contributed by atoms with van der Waals surface area (Å²) in [5.41, 5.74) is 0.497. The molecule has 21 heavy (non-hydrogen) atoms. The summed E-state index contributed by atoms with van der Waals surface area (Å²) in [7, 11) is -3.37. The van der Waals surface area contributed by atoms with Crippen molar-refractivity contribution in [2.45, 2.75) is 27.3 Å². The number of nitrogens with zero attached hydrogens (tertiary/aromatic N) is 3. The van der Waals surface area contributed by atoms with Crippen molar-refractivity contribution in [1.82, 2.24) is 14.7 Å². The lowest BCUT2D eigenvalue weighted by Crippen LogP contribution is -2.27. The Morgan fingerprint density at radius 3 is 2.67 bits per heavy atom. The first-order valence-electron chi connectivity index (χ1n) is 7.21. The van der Waals surface area contributed by atoms with Gasteiger partial charge in [-0.3, -0.25) is 9.40 Å². The molecule has 0 aliphatic heterocycles. The average molecular weight is 337 g/mol. The van der Waals surface area contributed by atoms with Crippen molar-refractivity contribution in [2.75, 3.05) is 36.0 Å². The summed E-state index contributed by atoms with van der Waals surface area (Å²) in [4.78, 5) is 2.29. The zero-order chi connectivity index (χ0) is 15.9. The van der Waals surface area contributed by atoms with Crippen LogP contribution in [0.2, 0.25) is 0 Å². The topological polar surface area (TPSA) is 67.2 Å². The zero-order valence-electron chi connectivity index (χ0n) is 12.9. The number of anilines is 1. The predicted molar refractivity (Wildman–Crippen MR) is 87.3 cm³/mol. The Balaban J connectivity index is 2.55. The number of alkyl halides is 1. The molecule has 122 valence electrons. The van der Waals surface area contributed by atoms with Gasteiger partial charge in [-0.2, -0.15) is 5.10 Å². The Hall–Kier alpha value is -0.790. The first-order chi connectivity index (χ1) is 9.90. The number of nitrogens with one attached hydrogen (secondary N) is 1. The molecular weight excluding hydrogens is 312 g/mol. The van der Waals surface area contributed by atoms with Crippen LogP contribution in [-0.2, 0) is 16.6 Å². The van der Waals surface area contributed by atoms with Gasteiger partial charge >= 0.3 is 0 Å². The van der Waals surface area contributed by atoms with Gasteiger partial charge in [0, 0.05) is 18.6 Å². The van der Waals surface area contributed by atoms with Crippen LogP contribution in [0.3, 0.4) is 0 Å². The molecule has 1 N–H and O–H groups in total. The molecular formula is C13H25ClN4O2S. The Morgan fingerprint density at radius 2 is 2.10 bits per heavy atom. The normalized spacial score (nSPS) is 13.6. The highest BCUT2D eigenvalue weighted by atomic mass is 35.5. The molecule has 0 spiro atoms. The monoisotopic (exact) mass is 336 g/mol. The predicted octanol–water partition coefficient (Wildman–Crippen LogP) is 1.84. The van der Waals surface area contributed by atoms with Gasteiger partial charge in [0.05, 0.1) is 24.2 Å². The van der Waals surface area contributed by atoms with E-state index in [9.17, 15) is 8.42 Å². The second-order valence-electron chi connectivity index (χ2n) is 5.16. The molecule has 1 heterocycles. The summed E-state index contributed by atoms with van der Waals surface area (Å²) >= 11 is 5.65. The van der Waals surface area contributed by atoms with Crippen molar-refractivity contribution in [3.05, 3.63) is 12.4 Å². The van der Waals surface area contributed by atoms with Crippen molar-refractivity contribution in [2.24, 2.45) is 5.92 Å². The third kappa shape index (κ3) is 6.67. The molecule has 0 bridgehead atoms. The fraction of sp³-hybridized carbons (Fsp3) is 0.769. The summed E-state index contributed by atoms with van der Waals surface area (Å²) in [6.07, 6.45) is 3.25. The number of hydrogen-bond acceptors (Lipinski definition) is 4. The largest absolute Gasteiger partial charge is 0.302 e. The molecule has 1 aromatic heterocycles. The van der Waals surface area contributed by atoms with E-state index in [4.69, 9.17) is 11.6 Å². The highest BCUT2D eigenvalue weighted by Gasteiger charge is 2.16. The van der Waals surface area contributed by atoms with Crippen molar-refractivity contribution >= 4 is 27.3 Å². The van der Waals surface area contributed by atoms with Crippen molar-refractivity contribution in [1.29, 1.82) is 0 Å². The molecule has 1 aromatic rings. The minimum atomic E-state index is -3.37. The minimum Gasteiger partial charge on any atom is -0.302 e. The second-order valence-corrected chi connectivity index (χ2v) is 7.24. The highest BCUT2D eigenvalue weighted by Crippen LogP contribution is 2.11. The molecule has 0 amide bonds. The summed E-state index contributed by atoms with van der Waals surface area (Å²) in [6.45, 7) is 9.65. The smallest absolute Gasteiger partial charge is 0.233 e. The first kappa shape index (κ1) is 18.3. The molecule has 0 radical (unpaired) electrons. The Kier molecular flexibility index (Phi) is 7.48. The van der Waals surface area contributed by atoms with Gasteiger partial charge in [-0.1, -0.05) is 20.8 Å². The molecule has 1 atom stereocenters. The Labute approximate surface area is 132 Å². The van der Waals surface area contributed by atoms with Crippen molar-refractivity contribution in [3.8, 4) is 0 Å². The maximum absolute atomic E-state index is 11.9. The number of halogens is 1. The van der Waals surface area contributed by atoms with Crippen LogP contribution in [0.1, 0.15) is 20.8 Å². The van der Waals surface area contributed by atoms with Crippen LogP contribution >= 0.6 is 11.6 Å². The van der Waals surface area contributed by atoms with Crippen LogP contribution in [0.5, 0.6) is 0 Å². The fourth-order valence-corrected chi connectivity index (χ4v) is 3.62. The number of hydrogen-bond donors (Lipinski definition) is 1. The summed E-state index contributed by atoms with van der Waals surface area (Å²) in [5.74, 6) is 0.257. The maximum Gasteiger partial charge on any atom is 0.233 e. The third-order valence-electron chi connectivity index (χ3n) is 3.21. The van der Waals surface area contributed by atoms with Crippen LogP contribution in [0.4, 0.5) is 5.69 Å². The van der Waals surface area contributed by atoms with Gasteiger partial charge in [0.1, 0.15) is 0 Å². The molecule has 6 nitrogen and oxygen atoms in total. The van der Waals surface area contributed by atoms with E-state index in [-0.39, 0.29) is 11.7 Å². The van der Waals surface area contributed by atoms with Crippen LogP contribution in [0.15, 0.2) is 12.4 Å². The van der Waals surface area contributed by atoms with E-state index in [1.54, 1.807) is 17.8 Å². The van der Waals surface area contributed by atoms with E-state index >= 15 is 0 Å². The Morgan fingerprint density at radius 1 is 1.43 bits per heavy atom. The average Bonchev–Trinajstić information content (AvgIpc) is 2.86. The van der Waals surface area contributed by atoms with E-state index in [0.717, 1.165) is 26.2 Å². The summed E-state index contributed by atoms with van der Waals surface area (Å²) in [6, 6.07) is 0. The van der Waals surface area contributed by atoms with E-state index in [1.165, 1.54) is 6.20 Å². The molecule has 0 aliphatic carbocycles. The van der Waals surface area contributed by atoms with Crippen LogP contribution in [-0.4, -0.2) is 54.4 Å². The molecule has 1 rings (SSSR count). The number of likely N-dealkylation sites (N-methyl/N-ethyl adjacent to an activating group) is 1. The lowest BCUT2D eigenvalue weighted by Gasteiger charge is -2.17. The summed E-state index contributed by atoms with van der Waals surface area (Å²) in [5, 5.41) is 4.18. The minimum absolute atomic E-state index is 0.0150. The molecule has 0 saturated heterocycles. The van der Waals surface area contributed by atoms with Gasteiger partial charge in [0.2, 0.25) is 10.0 Å². The van der Waals surface area contributed by atoms with Gasteiger partial charge in [-0.05, 0) is 19.0 Å². The second kappa shape index (κ2) is 8.60. The number of aromatic nitrogens is 2. The third-order valence-corrected chi connectivity index (χ3v) is 5.30. The Bertz CT molecular complexity index is 514. The summed E-state index contributed by atoms with van der Waals surface area (Å²) < 4.78 is 28.1. The van der Waals surface area contributed by atoms with Gasteiger partial charge in [-0.25, -0.2) is 8.42 Å². The standard InChI is InChI=1S/C13H25ClN4O2S/c1-4-17(5-2)6-7-18-10-13(9-15-18)16-21(19,20)11-12(3)8-14/h9-10,12,16H,4-8,11H2,1-3H3. The lowest BCUT2D eigenvalue weighted by atomic mass is 10.3. The molecule has 0 aromatic carbocycles. The quantitative estimate of drug-likeness (QED) is 0.662. The molecule has 0 fully saturated rings. The van der Waals surface area contributed by atoms with E-state index < -0.39 is 10.0 Å². The fourth-order valence-electron chi connectivity index (χ4n) is 1.96. The van der Waals surface area contributed by atoms with E-state index in [2.05, 4.69) is 28.6 Å². The van der Waals surface area contributed by atoms with Crippen molar-refractivity contribution < 1.29 is 8.42 Å². The SMILES string of the molecule is CCN(CC)CCn1cc(NS(=O)(=O)CC(C)CCl)cn1. The van der Waals surface area contributed by atoms with E-state index in [1.807, 2.05) is 0 Å². The molecule has 8 heteroatoms. The molecule has 0 aliphatic rings. The van der Waals surface area contributed by atoms with Gasteiger partial charge in [0.25, 0.3) is 0 Å². The number of rotatable bonds is 10. The van der Waals surface area contributed by atoms with Crippen LogP contribution in [0, 0.1) is 5.92 Å². The van der Waals surface area contributed by atoms with E-state index in [0.29, 0.717) is 11.6 Å². The molecule has 1 unspecified atom stereocenters. The first-order valence-corrected chi connectivity index (χ1v) is 9.40. The van der Waals surface area contributed by atoms with Crippen LogP contribution in [0.25, 0.3) is 0 Å². The molecule has 0 saturated carbocycles. The van der Waals surface area contributed by atoms with Gasteiger partial charge in [0.15, 0.2) is 0 Å². The zero-order valence-corrected chi connectivity index (χ0v) is 14.5. The van der Waals surface area contributed by atoms with Gasteiger partial charge in [-0.15, -0.1) is 11.6 Å². The maximum atomic E-state index is 11.9. The van der Waals surface area contributed by atoms with Crippen molar-refractivity contribution in [3.63, 3.8) is 0 Å². The number of sulfonamides is 1. The van der Waals surface area contributed by atoms with Gasteiger partial charge < -0.3 is 4.90 Å².